The Kier molecular flexibility index (Phi) is 2.58. The van der Waals surface area contributed by atoms with Crippen molar-refractivity contribution in [3.8, 4) is 0 Å². The molecule has 0 fully saturated rings. The molecule has 2 aromatic rings. The Morgan fingerprint density at radius 3 is 2.85 bits per heavy atom. The van der Waals surface area contributed by atoms with Crippen molar-refractivity contribution in [2.45, 2.75) is 0 Å². The van der Waals surface area contributed by atoms with E-state index in [9.17, 15) is 0 Å². The molecule has 0 saturated heterocycles. The summed E-state index contributed by atoms with van der Waals surface area (Å²) >= 11 is 4.49. The van der Waals surface area contributed by atoms with Crippen molar-refractivity contribution < 1.29 is 4.84 Å². The molecule has 0 radical (unpaired) electrons. The lowest BCUT2D eigenvalue weighted by atomic mass is 10.3. The molecule has 4 nitrogen and oxygen atoms in total. The zero-order chi connectivity index (χ0) is 9.42. The number of hydrogen-bond acceptors (Lipinski definition) is 3. The molecule has 2 rings (SSSR count). The molecule has 0 amide bonds. The van der Waals surface area contributed by atoms with E-state index in [0.29, 0.717) is 0 Å². The molecule has 0 aliphatic rings. The third kappa shape index (κ3) is 1.60. The molecule has 13 heavy (non-hydrogen) atoms. The fraction of sp³-hybridized carbons (Fsp3) is 0.143. The summed E-state index contributed by atoms with van der Waals surface area (Å²) in [4.78, 5) is 6.43. The first-order valence-electron chi connectivity index (χ1n) is 3.47. The van der Waals surface area contributed by atoms with Crippen LogP contribution in [0.15, 0.2) is 12.1 Å². The molecular weight excluding hydrogens is 396 g/mol. The smallest absolute Gasteiger partial charge is 0.133 e. The predicted molar refractivity (Wildman–Crippen MR) is 65.5 cm³/mol. The lowest BCUT2D eigenvalue weighted by Gasteiger charge is -1.98. The number of fused-ring (bicyclic) bond motifs is 1. The van der Waals surface area contributed by atoms with Crippen LogP contribution in [0.4, 0.5) is 0 Å². The number of hydrogen-bond donors (Lipinski definition) is 0. The Morgan fingerprint density at radius 1 is 1.38 bits per heavy atom. The molecule has 0 spiro atoms. The second-order valence-electron chi connectivity index (χ2n) is 2.40. The molecule has 0 saturated carbocycles. The van der Waals surface area contributed by atoms with Crippen LogP contribution in [0.3, 0.4) is 0 Å². The van der Waals surface area contributed by atoms with E-state index in [-0.39, 0.29) is 0 Å². The molecule has 0 atom stereocenters. The summed E-state index contributed by atoms with van der Waals surface area (Å²) in [5.74, 6) is 0. The summed E-state index contributed by atoms with van der Waals surface area (Å²) in [6, 6.07) is 4.04. The quantitative estimate of drug-likeness (QED) is 0.684. The van der Waals surface area contributed by atoms with Crippen LogP contribution in [0.25, 0.3) is 11.0 Å². The summed E-state index contributed by atoms with van der Waals surface area (Å²) in [6.07, 6.45) is 0. The predicted octanol–water partition coefficient (Wildman–Crippen LogP) is 1.70. The fourth-order valence-corrected chi connectivity index (χ4v) is 2.99. The van der Waals surface area contributed by atoms with Crippen molar-refractivity contribution in [2.75, 3.05) is 7.11 Å². The van der Waals surface area contributed by atoms with Gasteiger partial charge in [0.1, 0.15) is 18.1 Å². The number of nitrogens with zero attached hydrogens (tertiary/aromatic N) is 3. The number of aromatic nitrogens is 3. The highest BCUT2D eigenvalue weighted by atomic mass is 127. The second-order valence-corrected chi connectivity index (χ2v) is 4.81. The van der Waals surface area contributed by atoms with E-state index < -0.39 is 0 Å². The summed E-state index contributed by atoms with van der Waals surface area (Å²) in [7, 11) is 1.57. The first-order chi connectivity index (χ1) is 6.22. The van der Waals surface area contributed by atoms with Gasteiger partial charge in [-0.15, -0.1) is 5.10 Å². The molecule has 1 heterocycles. The van der Waals surface area contributed by atoms with E-state index in [1.54, 1.807) is 7.11 Å². The summed E-state index contributed by atoms with van der Waals surface area (Å²) in [6.45, 7) is 0. The highest BCUT2D eigenvalue weighted by Crippen LogP contribution is 2.20. The second kappa shape index (κ2) is 3.56. The molecular formula is C7H5I2N3O. The molecule has 0 aliphatic carbocycles. The standard InChI is InChI=1S/C7H5I2N3O/c1-13-12-6-3-4(8)2-5(9)7(6)10-11-12/h2-3H,1H3. The maximum absolute atomic E-state index is 5.01. The zero-order valence-electron chi connectivity index (χ0n) is 6.66. The van der Waals surface area contributed by atoms with E-state index >= 15 is 0 Å². The van der Waals surface area contributed by atoms with Crippen molar-refractivity contribution in [2.24, 2.45) is 0 Å². The summed E-state index contributed by atoms with van der Waals surface area (Å²) in [5.41, 5.74) is 1.78. The molecule has 1 aromatic carbocycles. The minimum Gasteiger partial charge on any atom is -0.398 e. The first-order valence-corrected chi connectivity index (χ1v) is 5.63. The van der Waals surface area contributed by atoms with Gasteiger partial charge in [-0.1, -0.05) is 4.85 Å². The van der Waals surface area contributed by atoms with Crippen molar-refractivity contribution in [1.29, 1.82) is 0 Å². The SMILES string of the molecule is COn1nnc2c(I)cc(I)cc21. The monoisotopic (exact) mass is 401 g/mol. The number of rotatable bonds is 1. The van der Waals surface area contributed by atoms with Crippen molar-refractivity contribution >= 4 is 56.2 Å². The first kappa shape index (κ1) is 9.44. The van der Waals surface area contributed by atoms with Gasteiger partial charge in [0.15, 0.2) is 0 Å². The van der Waals surface area contributed by atoms with Gasteiger partial charge in [0.05, 0.1) is 0 Å². The molecule has 1 aromatic heterocycles. The van der Waals surface area contributed by atoms with Gasteiger partial charge < -0.3 is 4.84 Å². The largest absolute Gasteiger partial charge is 0.398 e. The Hall–Kier alpha value is -0.120. The minimum atomic E-state index is 0.878. The van der Waals surface area contributed by atoms with Crippen LogP contribution >= 0.6 is 45.2 Å². The van der Waals surface area contributed by atoms with Gasteiger partial charge in [-0.25, -0.2) is 0 Å². The molecule has 0 bridgehead atoms. The van der Waals surface area contributed by atoms with Crippen molar-refractivity contribution in [3.63, 3.8) is 0 Å². The Morgan fingerprint density at radius 2 is 2.15 bits per heavy atom. The van der Waals surface area contributed by atoms with Gasteiger partial charge in [-0.05, 0) is 62.5 Å². The van der Waals surface area contributed by atoms with E-state index in [2.05, 4.69) is 61.6 Å². The van der Waals surface area contributed by atoms with Crippen LogP contribution < -0.4 is 4.84 Å². The van der Waals surface area contributed by atoms with Crippen molar-refractivity contribution in [3.05, 3.63) is 19.3 Å². The lowest BCUT2D eigenvalue weighted by molar-refractivity contribution is 0.139. The minimum absolute atomic E-state index is 0.878. The van der Waals surface area contributed by atoms with Gasteiger partial charge in [0.25, 0.3) is 0 Å². The van der Waals surface area contributed by atoms with Crippen LogP contribution in [-0.4, -0.2) is 22.3 Å². The highest BCUT2D eigenvalue weighted by Gasteiger charge is 2.08. The third-order valence-electron chi connectivity index (χ3n) is 1.61. The topological polar surface area (TPSA) is 39.9 Å². The highest BCUT2D eigenvalue weighted by molar-refractivity contribution is 14.1. The Labute approximate surface area is 102 Å². The third-order valence-corrected chi connectivity index (χ3v) is 3.06. The summed E-state index contributed by atoms with van der Waals surface area (Å²) in [5, 5.41) is 7.86. The fourth-order valence-electron chi connectivity index (χ4n) is 1.07. The average Bonchev–Trinajstić information content (AvgIpc) is 2.47. The van der Waals surface area contributed by atoms with Crippen LogP contribution in [0.1, 0.15) is 0 Å². The number of benzene rings is 1. The maximum Gasteiger partial charge on any atom is 0.133 e. The van der Waals surface area contributed by atoms with Gasteiger partial charge in [0.2, 0.25) is 0 Å². The normalized spacial score (nSPS) is 10.7. The van der Waals surface area contributed by atoms with Gasteiger partial charge >= 0.3 is 0 Å². The Balaban J connectivity index is 2.82. The van der Waals surface area contributed by atoms with Crippen molar-refractivity contribution in [1.82, 2.24) is 15.2 Å². The van der Waals surface area contributed by atoms with Crippen LogP contribution in [0.2, 0.25) is 0 Å². The molecule has 0 N–H and O–H groups in total. The molecule has 0 aliphatic heterocycles. The Bertz CT molecular complexity index is 454. The van der Waals surface area contributed by atoms with Gasteiger partial charge in [0, 0.05) is 7.14 Å². The van der Waals surface area contributed by atoms with Crippen LogP contribution in [0, 0.1) is 7.14 Å². The molecule has 0 unspecified atom stereocenters. The van der Waals surface area contributed by atoms with E-state index in [1.165, 1.54) is 4.85 Å². The summed E-state index contributed by atoms with van der Waals surface area (Å²) < 4.78 is 2.23. The zero-order valence-corrected chi connectivity index (χ0v) is 11.0. The average molecular weight is 401 g/mol. The van der Waals surface area contributed by atoms with Crippen LogP contribution in [-0.2, 0) is 0 Å². The molecule has 68 valence electrons. The van der Waals surface area contributed by atoms with E-state index in [1.807, 2.05) is 6.07 Å². The van der Waals surface area contributed by atoms with E-state index in [4.69, 9.17) is 4.84 Å². The number of halogens is 2. The van der Waals surface area contributed by atoms with Crippen LogP contribution in [0.5, 0.6) is 0 Å². The van der Waals surface area contributed by atoms with E-state index in [0.717, 1.165) is 18.2 Å². The van der Waals surface area contributed by atoms with Gasteiger partial charge in [-0.2, -0.15) is 0 Å². The maximum atomic E-state index is 5.01. The van der Waals surface area contributed by atoms with Gasteiger partial charge in [-0.3, -0.25) is 0 Å². The molecule has 6 heteroatoms. The lowest BCUT2D eigenvalue weighted by Crippen LogP contribution is -2.07.